The summed E-state index contributed by atoms with van der Waals surface area (Å²) in [7, 11) is 0. The number of nitrogens with two attached hydrogens (primary N) is 1. The zero-order valence-electron chi connectivity index (χ0n) is 8.26. The highest BCUT2D eigenvalue weighted by Crippen LogP contribution is 2.29. The van der Waals surface area contributed by atoms with Crippen LogP contribution >= 0.6 is 11.3 Å². The van der Waals surface area contributed by atoms with E-state index in [-0.39, 0.29) is 6.54 Å². The maximum atomic E-state index is 10.5. The van der Waals surface area contributed by atoms with Gasteiger partial charge in [0.2, 0.25) is 0 Å². The Morgan fingerprint density at radius 1 is 1.13 bits per heavy atom. The molecular formula is C12H13NOS. The highest BCUT2D eigenvalue weighted by Gasteiger charge is 2.29. The molecule has 0 saturated carbocycles. The van der Waals surface area contributed by atoms with E-state index in [1.165, 1.54) is 0 Å². The Balaban J connectivity index is 2.47. The van der Waals surface area contributed by atoms with Crippen molar-refractivity contribution in [3.63, 3.8) is 0 Å². The van der Waals surface area contributed by atoms with Gasteiger partial charge in [-0.25, -0.2) is 0 Å². The zero-order chi connectivity index (χ0) is 10.7. The second kappa shape index (κ2) is 4.14. The van der Waals surface area contributed by atoms with Crippen molar-refractivity contribution in [2.24, 2.45) is 5.73 Å². The summed E-state index contributed by atoms with van der Waals surface area (Å²) >= 11 is 1.56. The third-order valence-electron chi connectivity index (χ3n) is 2.55. The number of aliphatic hydroxyl groups is 1. The summed E-state index contributed by atoms with van der Waals surface area (Å²) in [5.74, 6) is 0. The van der Waals surface area contributed by atoms with E-state index in [2.05, 4.69) is 0 Å². The summed E-state index contributed by atoms with van der Waals surface area (Å²) < 4.78 is 0. The fraction of sp³-hybridized carbons (Fsp3) is 0.167. The van der Waals surface area contributed by atoms with Crippen LogP contribution < -0.4 is 5.73 Å². The topological polar surface area (TPSA) is 46.2 Å². The molecule has 1 atom stereocenters. The Morgan fingerprint density at radius 3 is 2.40 bits per heavy atom. The van der Waals surface area contributed by atoms with Crippen LogP contribution in [0.4, 0.5) is 0 Å². The Kier molecular flexibility index (Phi) is 2.86. The summed E-state index contributed by atoms with van der Waals surface area (Å²) in [5.41, 5.74) is 6.33. The van der Waals surface area contributed by atoms with E-state index < -0.39 is 5.60 Å². The third-order valence-corrected chi connectivity index (χ3v) is 3.23. The standard InChI is InChI=1S/C12H13NOS/c13-9-12(14,11-6-7-15-8-11)10-4-2-1-3-5-10/h1-8,14H,9,13H2. The molecular weight excluding hydrogens is 206 g/mol. The predicted molar refractivity (Wildman–Crippen MR) is 62.8 cm³/mol. The monoisotopic (exact) mass is 219 g/mol. The average Bonchev–Trinajstić information content (AvgIpc) is 2.83. The van der Waals surface area contributed by atoms with Crippen molar-refractivity contribution < 1.29 is 5.11 Å². The van der Waals surface area contributed by atoms with Crippen molar-refractivity contribution in [1.29, 1.82) is 0 Å². The van der Waals surface area contributed by atoms with Crippen LogP contribution in [0.25, 0.3) is 0 Å². The van der Waals surface area contributed by atoms with Gasteiger partial charge in [0.1, 0.15) is 5.60 Å². The minimum atomic E-state index is -1.05. The molecule has 0 saturated heterocycles. The first-order valence-corrected chi connectivity index (χ1v) is 5.72. The second-order valence-corrected chi connectivity index (χ2v) is 4.22. The molecule has 2 aromatic rings. The summed E-state index contributed by atoms with van der Waals surface area (Å²) in [6.07, 6.45) is 0. The minimum absolute atomic E-state index is 0.188. The number of thiophene rings is 1. The largest absolute Gasteiger partial charge is 0.379 e. The van der Waals surface area contributed by atoms with E-state index in [0.717, 1.165) is 11.1 Å². The molecule has 1 aromatic heterocycles. The molecule has 3 heteroatoms. The molecule has 0 amide bonds. The lowest BCUT2D eigenvalue weighted by Gasteiger charge is -2.26. The number of benzene rings is 1. The first-order valence-electron chi connectivity index (χ1n) is 4.78. The number of hydrogen-bond donors (Lipinski definition) is 2. The van der Waals surface area contributed by atoms with Crippen molar-refractivity contribution in [3.05, 3.63) is 58.3 Å². The van der Waals surface area contributed by atoms with E-state index in [1.807, 2.05) is 47.2 Å². The van der Waals surface area contributed by atoms with Crippen LogP contribution in [0.2, 0.25) is 0 Å². The second-order valence-electron chi connectivity index (χ2n) is 3.44. The van der Waals surface area contributed by atoms with Gasteiger partial charge in [0.05, 0.1) is 0 Å². The predicted octanol–water partition coefficient (Wildman–Crippen LogP) is 1.94. The molecule has 0 radical (unpaired) electrons. The third kappa shape index (κ3) is 1.81. The number of hydrogen-bond acceptors (Lipinski definition) is 3. The maximum absolute atomic E-state index is 10.5. The van der Waals surface area contributed by atoms with Gasteiger partial charge in [0, 0.05) is 6.54 Å². The van der Waals surface area contributed by atoms with Gasteiger partial charge >= 0.3 is 0 Å². The fourth-order valence-electron chi connectivity index (χ4n) is 1.62. The van der Waals surface area contributed by atoms with Crippen LogP contribution in [0.5, 0.6) is 0 Å². The molecule has 1 heterocycles. The lowest BCUT2D eigenvalue weighted by molar-refractivity contribution is 0.0907. The normalized spacial score (nSPS) is 14.8. The van der Waals surface area contributed by atoms with Gasteiger partial charge < -0.3 is 10.8 Å². The summed E-state index contributed by atoms with van der Waals surface area (Å²) in [6.45, 7) is 0.188. The lowest BCUT2D eigenvalue weighted by atomic mass is 9.88. The molecule has 0 aliphatic rings. The quantitative estimate of drug-likeness (QED) is 0.828. The Morgan fingerprint density at radius 2 is 1.87 bits per heavy atom. The van der Waals surface area contributed by atoms with E-state index >= 15 is 0 Å². The van der Waals surface area contributed by atoms with Crippen LogP contribution in [0.3, 0.4) is 0 Å². The first-order chi connectivity index (χ1) is 7.27. The molecule has 3 N–H and O–H groups in total. The zero-order valence-corrected chi connectivity index (χ0v) is 9.08. The maximum Gasteiger partial charge on any atom is 0.128 e. The SMILES string of the molecule is NCC(O)(c1ccccc1)c1ccsc1. The molecule has 78 valence electrons. The molecule has 2 rings (SSSR count). The summed E-state index contributed by atoms with van der Waals surface area (Å²) in [6, 6.07) is 11.4. The van der Waals surface area contributed by atoms with Crippen molar-refractivity contribution >= 4 is 11.3 Å². The van der Waals surface area contributed by atoms with Crippen LogP contribution in [-0.4, -0.2) is 11.7 Å². The van der Waals surface area contributed by atoms with Crippen molar-refractivity contribution in [1.82, 2.24) is 0 Å². The van der Waals surface area contributed by atoms with Crippen LogP contribution in [0.1, 0.15) is 11.1 Å². The molecule has 0 spiro atoms. The van der Waals surface area contributed by atoms with E-state index in [0.29, 0.717) is 0 Å². The summed E-state index contributed by atoms with van der Waals surface area (Å²) in [5, 5.41) is 14.4. The lowest BCUT2D eigenvalue weighted by Crippen LogP contribution is -2.35. The molecule has 0 aliphatic heterocycles. The Bertz CT molecular complexity index is 412. The molecule has 1 aromatic carbocycles. The van der Waals surface area contributed by atoms with Crippen molar-refractivity contribution in [3.8, 4) is 0 Å². The smallest absolute Gasteiger partial charge is 0.128 e. The van der Waals surface area contributed by atoms with E-state index in [1.54, 1.807) is 11.3 Å². The highest BCUT2D eigenvalue weighted by atomic mass is 32.1. The first kappa shape index (κ1) is 10.4. The number of rotatable bonds is 3. The Hall–Kier alpha value is -1.16. The van der Waals surface area contributed by atoms with Crippen molar-refractivity contribution in [2.75, 3.05) is 6.54 Å². The van der Waals surface area contributed by atoms with Gasteiger partial charge in [-0.05, 0) is 28.0 Å². The van der Waals surface area contributed by atoms with Crippen LogP contribution in [0, 0.1) is 0 Å². The minimum Gasteiger partial charge on any atom is -0.379 e. The molecule has 0 aliphatic carbocycles. The average molecular weight is 219 g/mol. The molecule has 1 unspecified atom stereocenters. The molecule has 0 bridgehead atoms. The highest BCUT2D eigenvalue weighted by molar-refractivity contribution is 7.08. The van der Waals surface area contributed by atoms with Gasteiger partial charge in [0.25, 0.3) is 0 Å². The van der Waals surface area contributed by atoms with E-state index in [9.17, 15) is 5.11 Å². The Labute approximate surface area is 93.0 Å². The summed E-state index contributed by atoms with van der Waals surface area (Å²) in [4.78, 5) is 0. The van der Waals surface area contributed by atoms with Gasteiger partial charge in [-0.15, -0.1) is 0 Å². The van der Waals surface area contributed by atoms with Gasteiger partial charge in [-0.3, -0.25) is 0 Å². The van der Waals surface area contributed by atoms with Gasteiger partial charge in [-0.1, -0.05) is 30.3 Å². The molecule has 2 nitrogen and oxygen atoms in total. The van der Waals surface area contributed by atoms with Crippen LogP contribution in [0.15, 0.2) is 47.2 Å². The fourth-order valence-corrected chi connectivity index (χ4v) is 2.34. The van der Waals surface area contributed by atoms with E-state index in [4.69, 9.17) is 5.73 Å². The molecule has 15 heavy (non-hydrogen) atoms. The van der Waals surface area contributed by atoms with Gasteiger partial charge in [0.15, 0.2) is 0 Å². The molecule has 0 fully saturated rings. The van der Waals surface area contributed by atoms with Crippen molar-refractivity contribution in [2.45, 2.75) is 5.60 Å². The van der Waals surface area contributed by atoms with Gasteiger partial charge in [-0.2, -0.15) is 11.3 Å². The van der Waals surface area contributed by atoms with Crippen LogP contribution in [-0.2, 0) is 5.60 Å².